The van der Waals surface area contributed by atoms with Gasteiger partial charge in [-0.15, -0.1) is 5.54 Å². The fourth-order valence-electron chi connectivity index (χ4n) is 3.08. The van der Waals surface area contributed by atoms with Crippen molar-refractivity contribution in [2.24, 2.45) is 11.8 Å². The summed E-state index contributed by atoms with van der Waals surface area (Å²) in [5.74, 6) is 5.54. The number of fused-ring (bicyclic) bond motifs is 2. The van der Waals surface area contributed by atoms with Crippen LogP contribution in [0.4, 0.5) is 0 Å². The largest absolute Gasteiger partial charge is 0.497 e. The Labute approximate surface area is 128 Å². The molecule has 21 heavy (non-hydrogen) atoms. The summed E-state index contributed by atoms with van der Waals surface area (Å²) in [6.07, 6.45) is 5.90. The Morgan fingerprint density at radius 1 is 1.05 bits per heavy atom. The normalized spacial score (nSPS) is 23.2. The van der Waals surface area contributed by atoms with E-state index >= 15 is 0 Å². The topological polar surface area (TPSA) is 9.23 Å². The van der Waals surface area contributed by atoms with E-state index < -0.39 is 8.07 Å². The van der Waals surface area contributed by atoms with E-state index in [1.54, 1.807) is 7.11 Å². The third-order valence-corrected chi connectivity index (χ3v) is 4.96. The van der Waals surface area contributed by atoms with Gasteiger partial charge in [-0.05, 0) is 29.7 Å². The maximum absolute atomic E-state index is 5.26. The van der Waals surface area contributed by atoms with Crippen LogP contribution in [0.2, 0.25) is 19.6 Å². The number of benzene rings is 1. The summed E-state index contributed by atoms with van der Waals surface area (Å²) in [4.78, 5) is 0. The molecule has 2 bridgehead atoms. The van der Waals surface area contributed by atoms with Gasteiger partial charge in [0.15, 0.2) is 0 Å². The first kappa shape index (κ1) is 14.2. The zero-order chi connectivity index (χ0) is 15.0. The zero-order valence-electron chi connectivity index (χ0n) is 13.2. The first-order valence-corrected chi connectivity index (χ1v) is 11.1. The van der Waals surface area contributed by atoms with Crippen LogP contribution >= 0.6 is 0 Å². The second-order valence-electron chi connectivity index (χ2n) is 6.89. The van der Waals surface area contributed by atoms with E-state index in [2.05, 4.69) is 55.4 Å². The van der Waals surface area contributed by atoms with Gasteiger partial charge in [-0.3, -0.25) is 0 Å². The van der Waals surface area contributed by atoms with E-state index in [9.17, 15) is 0 Å². The van der Waals surface area contributed by atoms with Crippen molar-refractivity contribution in [1.29, 1.82) is 0 Å². The second kappa shape index (κ2) is 5.24. The van der Waals surface area contributed by atoms with Gasteiger partial charge in [0.2, 0.25) is 0 Å². The molecule has 0 spiro atoms. The first-order valence-electron chi connectivity index (χ1n) is 7.58. The highest BCUT2D eigenvalue weighted by Crippen LogP contribution is 2.48. The van der Waals surface area contributed by atoms with Crippen LogP contribution in [-0.2, 0) is 0 Å². The molecule has 3 rings (SSSR count). The van der Waals surface area contributed by atoms with Gasteiger partial charge < -0.3 is 4.74 Å². The van der Waals surface area contributed by atoms with E-state index in [1.807, 2.05) is 12.1 Å². The maximum atomic E-state index is 5.26. The lowest BCUT2D eigenvalue weighted by molar-refractivity contribution is 0.415. The summed E-state index contributed by atoms with van der Waals surface area (Å²) in [6, 6.07) is 8.42. The van der Waals surface area contributed by atoms with Crippen LogP contribution in [0.1, 0.15) is 12.0 Å². The lowest BCUT2D eigenvalue weighted by atomic mass is 9.91. The van der Waals surface area contributed by atoms with Crippen LogP contribution in [-0.4, -0.2) is 15.2 Å². The fourth-order valence-corrected chi connectivity index (χ4v) is 3.59. The van der Waals surface area contributed by atoms with Crippen LogP contribution in [0.25, 0.3) is 5.57 Å². The highest BCUT2D eigenvalue weighted by atomic mass is 28.3. The van der Waals surface area contributed by atoms with Crippen molar-refractivity contribution in [3.8, 4) is 17.2 Å². The Hall–Kier alpha value is -1.72. The molecule has 2 aliphatic carbocycles. The number of ether oxygens (including phenoxy) is 1. The average Bonchev–Trinajstić information content (AvgIpc) is 3.05. The number of allylic oxidation sites excluding steroid dienone is 4. The van der Waals surface area contributed by atoms with Crippen LogP contribution in [0.5, 0.6) is 5.75 Å². The minimum atomic E-state index is -1.34. The minimum Gasteiger partial charge on any atom is -0.497 e. The quantitative estimate of drug-likeness (QED) is 0.442. The van der Waals surface area contributed by atoms with E-state index in [0.29, 0.717) is 11.8 Å². The fraction of sp³-hybridized carbons (Fsp3) is 0.368. The summed E-state index contributed by atoms with van der Waals surface area (Å²) >= 11 is 0. The van der Waals surface area contributed by atoms with Gasteiger partial charge in [0, 0.05) is 17.4 Å². The average molecular weight is 294 g/mol. The maximum Gasteiger partial charge on any atom is 0.129 e. The van der Waals surface area contributed by atoms with E-state index in [4.69, 9.17) is 4.74 Å². The van der Waals surface area contributed by atoms with Crippen LogP contribution in [0.3, 0.4) is 0 Å². The van der Waals surface area contributed by atoms with Crippen LogP contribution in [0, 0.1) is 23.3 Å². The van der Waals surface area contributed by atoms with E-state index in [-0.39, 0.29) is 0 Å². The van der Waals surface area contributed by atoms with Crippen molar-refractivity contribution in [2.45, 2.75) is 26.1 Å². The van der Waals surface area contributed by atoms with Gasteiger partial charge >= 0.3 is 0 Å². The van der Waals surface area contributed by atoms with Gasteiger partial charge in [-0.25, -0.2) is 0 Å². The zero-order valence-corrected chi connectivity index (χ0v) is 14.2. The number of hydrogen-bond donors (Lipinski definition) is 0. The Morgan fingerprint density at radius 2 is 1.71 bits per heavy atom. The van der Waals surface area contributed by atoms with Gasteiger partial charge in [0.05, 0.1) is 7.11 Å². The Kier molecular flexibility index (Phi) is 3.55. The van der Waals surface area contributed by atoms with Crippen molar-refractivity contribution in [2.75, 3.05) is 7.11 Å². The summed E-state index contributed by atoms with van der Waals surface area (Å²) in [5, 5.41) is 0. The monoisotopic (exact) mass is 294 g/mol. The molecule has 2 heteroatoms. The van der Waals surface area contributed by atoms with Crippen molar-refractivity contribution in [3.63, 3.8) is 0 Å². The molecule has 0 saturated heterocycles. The van der Waals surface area contributed by atoms with Crippen molar-refractivity contribution < 1.29 is 4.74 Å². The van der Waals surface area contributed by atoms with E-state index in [1.165, 1.54) is 23.1 Å². The molecule has 0 heterocycles. The highest BCUT2D eigenvalue weighted by Gasteiger charge is 2.35. The second-order valence-corrected chi connectivity index (χ2v) is 11.6. The number of hydrogen-bond acceptors (Lipinski definition) is 1. The van der Waals surface area contributed by atoms with Gasteiger partial charge in [0.1, 0.15) is 13.8 Å². The molecule has 0 amide bonds. The summed E-state index contributed by atoms with van der Waals surface area (Å²) in [7, 11) is 0.371. The van der Waals surface area contributed by atoms with Crippen molar-refractivity contribution in [3.05, 3.63) is 47.6 Å². The molecule has 108 valence electrons. The number of methoxy groups -OCH3 is 1. The molecule has 0 fully saturated rings. The molecule has 0 N–H and O–H groups in total. The molecule has 1 nitrogen and oxygen atoms in total. The molecular formula is C19H22OSi. The molecule has 1 aromatic rings. The Morgan fingerprint density at radius 3 is 2.33 bits per heavy atom. The Bertz CT molecular complexity index is 662. The lowest BCUT2D eigenvalue weighted by Gasteiger charge is -2.14. The third kappa shape index (κ3) is 2.84. The Balaban J connectivity index is 2.02. The number of rotatable bonds is 2. The summed E-state index contributed by atoms with van der Waals surface area (Å²) in [5.41, 5.74) is 7.64. The van der Waals surface area contributed by atoms with Gasteiger partial charge in [0.25, 0.3) is 0 Å². The third-order valence-electron chi connectivity index (χ3n) is 4.09. The standard InChI is InChI=1S/C19H22OSi/c1-20-17-9-7-14(8-10-17)19-16-6-5-15(13-16)18(19)11-12-21(2,3)4/h5-10,15-16H,13H2,1-4H3. The predicted octanol–water partition coefficient (Wildman–Crippen LogP) is 4.54. The molecule has 0 radical (unpaired) electrons. The minimum absolute atomic E-state index is 0.538. The molecule has 2 atom stereocenters. The van der Waals surface area contributed by atoms with Crippen molar-refractivity contribution in [1.82, 2.24) is 0 Å². The van der Waals surface area contributed by atoms with Gasteiger partial charge in [-0.1, -0.05) is 49.8 Å². The molecule has 0 saturated carbocycles. The molecule has 1 aromatic carbocycles. The highest BCUT2D eigenvalue weighted by molar-refractivity contribution is 6.83. The smallest absolute Gasteiger partial charge is 0.129 e. The molecular weight excluding hydrogens is 272 g/mol. The summed E-state index contributed by atoms with van der Waals surface area (Å²) < 4.78 is 5.26. The van der Waals surface area contributed by atoms with Gasteiger partial charge in [-0.2, -0.15) is 0 Å². The van der Waals surface area contributed by atoms with Crippen LogP contribution in [0.15, 0.2) is 42.0 Å². The summed E-state index contributed by atoms with van der Waals surface area (Å²) in [6.45, 7) is 6.91. The molecule has 0 aromatic heterocycles. The predicted molar refractivity (Wildman–Crippen MR) is 91.8 cm³/mol. The first-order chi connectivity index (χ1) is 9.98. The molecule has 2 unspecified atom stereocenters. The molecule has 2 aliphatic rings. The van der Waals surface area contributed by atoms with Crippen LogP contribution < -0.4 is 4.74 Å². The molecule has 0 aliphatic heterocycles. The van der Waals surface area contributed by atoms with E-state index in [0.717, 1.165) is 5.75 Å². The van der Waals surface area contributed by atoms with Crippen molar-refractivity contribution >= 4 is 13.6 Å². The SMILES string of the molecule is COc1ccc(C2=C(C#C[Si](C)(C)C)C3C=CC2C3)cc1. The lowest BCUT2D eigenvalue weighted by Crippen LogP contribution is -2.16.